The number of esters is 1. The van der Waals surface area contributed by atoms with Crippen molar-refractivity contribution in [2.45, 2.75) is 20.3 Å². The fourth-order valence-electron chi connectivity index (χ4n) is 1.18. The molecule has 0 aliphatic carbocycles. The van der Waals surface area contributed by atoms with Gasteiger partial charge in [-0.15, -0.1) is 0 Å². The predicted molar refractivity (Wildman–Crippen MR) is 49.8 cm³/mol. The lowest BCUT2D eigenvalue weighted by atomic mass is 10.2. The maximum Gasteiger partial charge on any atom is 0.360 e. The first kappa shape index (κ1) is 12.5. The summed E-state index contributed by atoms with van der Waals surface area (Å²) in [6.45, 7) is 2.95. The Hall–Kier alpha value is -1.59. The normalized spacial score (nSPS) is 10.6. The highest BCUT2D eigenvalue weighted by atomic mass is 19.3. The van der Waals surface area contributed by atoms with Crippen LogP contribution in [0.1, 0.15) is 35.1 Å². The molecule has 0 unspecified atom stereocenters. The van der Waals surface area contributed by atoms with Crippen LogP contribution in [0.25, 0.3) is 0 Å². The molecule has 6 heteroatoms. The van der Waals surface area contributed by atoms with Crippen molar-refractivity contribution in [3.05, 3.63) is 28.8 Å². The van der Waals surface area contributed by atoms with Crippen LogP contribution in [-0.2, 0) is 4.74 Å². The molecule has 1 heterocycles. The Morgan fingerprint density at radius 2 is 2.19 bits per heavy atom. The van der Waals surface area contributed by atoms with Crippen LogP contribution in [0.5, 0.6) is 0 Å². The van der Waals surface area contributed by atoms with Gasteiger partial charge < -0.3 is 4.74 Å². The first-order valence-corrected chi connectivity index (χ1v) is 4.59. The maximum absolute atomic E-state index is 13.4. The fraction of sp³-hybridized carbons (Fsp3) is 0.400. The number of carbonyl (C=O) groups excluding carboxylic acids is 1. The van der Waals surface area contributed by atoms with Crippen molar-refractivity contribution in [2.75, 3.05) is 6.61 Å². The number of nitrogens with zero attached hydrogens (tertiary/aromatic N) is 1. The first-order chi connectivity index (χ1) is 7.47. The Labute approximate surface area is 90.2 Å². The highest BCUT2D eigenvalue weighted by Crippen LogP contribution is 2.24. The zero-order valence-electron chi connectivity index (χ0n) is 8.76. The molecule has 0 aliphatic rings. The van der Waals surface area contributed by atoms with Crippen molar-refractivity contribution < 1.29 is 22.7 Å². The van der Waals surface area contributed by atoms with Gasteiger partial charge in [0.1, 0.15) is 0 Å². The third-order valence-electron chi connectivity index (χ3n) is 1.82. The first-order valence-electron chi connectivity index (χ1n) is 4.59. The summed E-state index contributed by atoms with van der Waals surface area (Å²) in [6, 6.07) is 0.905. The number of carbonyl (C=O) groups is 1. The molecule has 1 aromatic heterocycles. The molecular weight excluding hydrogens is 223 g/mol. The summed E-state index contributed by atoms with van der Waals surface area (Å²) in [6.07, 6.45) is -2.99. The van der Waals surface area contributed by atoms with E-state index in [1.54, 1.807) is 0 Å². The van der Waals surface area contributed by atoms with Gasteiger partial charge >= 0.3 is 5.97 Å². The van der Waals surface area contributed by atoms with Crippen LogP contribution in [0.3, 0.4) is 0 Å². The van der Waals surface area contributed by atoms with Crippen LogP contribution in [0.4, 0.5) is 13.2 Å². The van der Waals surface area contributed by atoms with E-state index < -0.39 is 29.5 Å². The van der Waals surface area contributed by atoms with Gasteiger partial charge in [-0.05, 0) is 19.9 Å². The maximum atomic E-state index is 13.4. The Morgan fingerprint density at radius 1 is 1.56 bits per heavy atom. The second-order valence-electron chi connectivity index (χ2n) is 3.04. The van der Waals surface area contributed by atoms with E-state index in [0.717, 1.165) is 6.07 Å². The molecule has 0 aromatic carbocycles. The molecule has 0 fully saturated rings. The minimum atomic E-state index is -2.99. The molecule has 0 spiro atoms. The van der Waals surface area contributed by atoms with E-state index in [1.165, 1.54) is 13.8 Å². The number of ether oxygens (including phenoxy) is 1. The van der Waals surface area contributed by atoms with Gasteiger partial charge in [-0.3, -0.25) is 0 Å². The number of halogens is 3. The summed E-state index contributed by atoms with van der Waals surface area (Å²) in [5.74, 6) is -2.36. The topological polar surface area (TPSA) is 39.2 Å². The van der Waals surface area contributed by atoms with Crippen LogP contribution in [0.15, 0.2) is 6.07 Å². The quantitative estimate of drug-likeness (QED) is 0.753. The number of alkyl halides is 2. The molecule has 0 amide bonds. The minimum absolute atomic E-state index is 0.0257. The molecule has 0 saturated carbocycles. The Kier molecular flexibility index (Phi) is 3.87. The zero-order chi connectivity index (χ0) is 12.3. The molecule has 0 radical (unpaired) electrons. The molecule has 0 bridgehead atoms. The van der Waals surface area contributed by atoms with Gasteiger partial charge in [-0.25, -0.2) is 22.9 Å². The summed E-state index contributed by atoms with van der Waals surface area (Å²) in [5.41, 5.74) is -1.40. The van der Waals surface area contributed by atoms with Gasteiger partial charge in [0.05, 0.1) is 12.2 Å². The smallest absolute Gasteiger partial charge is 0.360 e. The van der Waals surface area contributed by atoms with Crippen molar-refractivity contribution in [2.24, 2.45) is 0 Å². The molecule has 0 saturated heterocycles. The summed E-state index contributed by atoms with van der Waals surface area (Å²) < 4.78 is 42.8. The number of hydrogen-bond acceptors (Lipinski definition) is 3. The second-order valence-corrected chi connectivity index (χ2v) is 3.04. The molecule has 16 heavy (non-hydrogen) atoms. The van der Waals surface area contributed by atoms with Crippen LogP contribution in [0, 0.1) is 12.7 Å². The van der Waals surface area contributed by atoms with Crippen molar-refractivity contribution in [1.29, 1.82) is 0 Å². The van der Waals surface area contributed by atoms with E-state index in [4.69, 9.17) is 0 Å². The number of aryl methyl sites for hydroxylation is 1. The van der Waals surface area contributed by atoms with E-state index in [9.17, 15) is 18.0 Å². The molecule has 3 nitrogen and oxygen atoms in total. The van der Waals surface area contributed by atoms with E-state index in [1.807, 2.05) is 0 Å². The lowest BCUT2D eigenvalue weighted by molar-refractivity contribution is 0.0511. The van der Waals surface area contributed by atoms with Gasteiger partial charge in [0.2, 0.25) is 0 Å². The summed E-state index contributed by atoms with van der Waals surface area (Å²) >= 11 is 0. The van der Waals surface area contributed by atoms with E-state index in [-0.39, 0.29) is 12.3 Å². The molecule has 1 aromatic rings. The highest BCUT2D eigenvalue weighted by molar-refractivity contribution is 5.87. The lowest BCUT2D eigenvalue weighted by Gasteiger charge is -2.07. The van der Waals surface area contributed by atoms with Crippen LogP contribution in [-0.4, -0.2) is 17.6 Å². The summed E-state index contributed by atoms with van der Waals surface area (Å²) in [5, 5.41) is 0. The van der Waals surface area contributed by atoms with Crippen LogP contribution >= 0.6 is 0 Å². The highest BCUT2D eigenvalue weighted by Gasteiger charge is 2.23. The fourth-order valence-corrected chi connectivity index (χ4v) is 1.18. The van der Waals surface area contributed by atoms with E-state index in [2.05, 4.69) is 9.72 Å². The van der Waals surface area contributed by atoms with Gasteiger partial charge in [-0.2, -0.15) is 0 Å². The number of aromatic nitrogens is 1. The largest absolute Gasteiger partial charge is 0.461 e. The third-order valence-corrected chi connectivity index (χ3v) is 1.82. The predicted octanol–water partition coefficient (Wildman–Crippen LogP) is 2.64. The van der Waals surface area contributed by atoms with Gasteiger partial charge in [0, 0.05) is 5.69 Å². The van der Waals surface area contributed by atoms with Crippen molar-refractivity contribution in [3.63, 3.8) is 0 Å². The minimum Gasteiger partial charge on any atom is -0.461 e. The van der Waals surface area contributed by atoms with E-state index in [0.29, 0.717) is 0 Å². The number of rotatable bonds is 3. The molecule has 0 aliphatic heterocycles. The Morgan fingerprint density at radius 3 is 2.69 bits per heavy atom. The number of hydrogen-bond donors (Lipinski definition) is 0. The lowest BCUT2D eigenvalue weighted by Crippen LogP contribution is -2.12. The average molecular weight is 233 g/mol. The molecule has 1 rings (SSSR count). The molecule has 0 atom stereocenters. The number of pyridine rings is 1. The van der Waals surface area contributed by atoms with Crippen molar-refractivity contribution >= 4 is 5.97 Å². The zero-order valence-corrected chi connectivity index (χ0v) is 8.76. The molecular formula is C10H10F3NO2. The van der Waals surface area contributed by atoms with Gasteiger partial charge in [0.15, 0.2) is 11.5 Å². The molecule has 0 N–H and O–H groups in total. The van der Waals surface area contributed by atoms with Crippen LogP contribution < -0.4 is 0 Å². The average Bonchev–Trinajstić information content (AvgIpc) is 2.20. The summed E-state index contributed by atoms with van der Waals surface area (Å²) in [4.78, 5) is 14.8. The third kappa shape index (κ3) is 2.50. The Balaban J connectivity index is 3.24. The van der Waals surface area contributed by atoms with Crippen LogP contribution in [0.2, 0.25) is 0 Å². The van der Waals surface area contributed by atoms with E-state index >= 15 is 0 Å². The second kappa shape index (κ2) is 4.96. The van der Waals surface area contributed by atoms with Crippen molar-refractivity contribution in [1.82, 2.24) is 4.98 Å². The standard InChI is InChI=1S/C10H10F3NO2/c1-3-16-10(15)8-7(11)6(9(12)13)4-5(2)14-8/h4,9H,3H2,1-2H3. The van der Waals surface area contributed by atoms with Gasteiger partial charge in [0.25, 0.3) is 6.43 Å². The van der Waals surface area contributed by atoms with Crippen molar-refractivity contribution in [3.8, 4) is 0 Å². The van der Waals surface area contributed by atoms with Gasteiger partial charge in [-0.1, -0.05) is 0 Å². The Bertz CT molecular complexity index is 407. The molecule has 88 valence electrons. The monoisotopic (exact) mass is 233 g/mol. The summed E-state index contributed by atoms with van der Waals surface area (Å²) in [7, 11) is 0. The SMILES string of the molecule is CCOC(=O)c1nc(C)cc(C(F)F)c1F.